The van der Waals surface area contributed by atoms with E-state index in [9.17, 15) is 4.79 Å². The Kier molecular flexibility index (Phi) is 4.73. The first-order chi connectivity index (χ1) is 10.0. The van der Waals surface area contributed by atoms with Crippen LogP contribution >= 0.6 is 0 Å². The van der Waals surface area contributed by atoms with Gasteiger partial charge in [0.05, 0.1) is 6.54 Å². The van der Waals surface area contributed by atoms with Gasteiger partial charge in [0.25, 0.3) is 0 Å². The zero-order valence-electron chi connectivity index (χ0n) is 12.7. The van der Waals surface area contributed by atoms with Gasteiger partial charge in [-0.2, -0.15) is 15.0 Å². The van der Waals surface area contributed by atoms with Crippen LogP contribution in [0.2, 0.25) is 0 Å². The number of aromatic nitrogens is 3. The predicted octanol–water partition coefficient (Wildman–Crippen LogP) is -0.718. The summed E-state index contributed by atoms with van der Waals surface area (Å²) in [7, 11) is 5.20. The SMILES string of the molecule is CN(C)C(=O)CN(C)c1nc(NN)nc(N2CCCC2)n1. The molecule has 2 heterocycles. The van der Waals surface area contributed by atoms with Gasteiger partial charge in [0.15, 0.2) is 0 Å². The number of nitrogen functional groups attached to an aromatic ring is 1. The van der Waals surface area contributed by atoms with Crippen molar-refractivity contribution in [1.82, 2.24) is 19.9 Å². The number of hydrogen-bond acceptors (Lipinski definition) is 8. The predicted molar refractivity (Wildman–Crippen MR) is 81.0 cm³/mol. The van der Waals surface area contributed by atoms with E-state index in [1.807, 2.05) is 0 Å². The zero-order chi connectivity index (χ0) is 15.4. The Labute approximate surface area is 124 Å². The van der Waals surface area contributed by atoms with E-state index in [2.05, 4.69) is 25.3 Å². The Morgan fingerprint density at radius 2 is 1.90 bits per heavy atom. The fourth-order valence-electron chi connectivity index (χ4n) is 2.06. The van der Waals surface area contributed by atoms with E-state index in [-0.39, 0.29) is 12.5 Å². The maximum Gasteiger partial charge on any atom is 0.243 e. The summed E-state index contributed by atoms with van der Waals surface area (Å²) in [5.74, 6) is 6.71. The molecule has 3 N–H and O–H groups in total. The normalized spacial score (nSPS) is 14.2. The minimum absolute atomic E-state index is 0.0251. The second-order valence-electron chi connectivity index (χ2n) is 5.24. The van der Waals surface area contributed by atoms with E-state index in [1.54, 1.807) is 26.0 Å². The van der Waals surface area contributed by atoms with Crippen LogP contribution in [0.4, 0.5) is 17.8 Å². The van der Waals surface area contributed by atoms with Gasteiger partial charge in [-0.3, -0.25) is 10.2 Å². The quantitative estimate of drug-likeness (QED) is 0.542. The largest absolute Gasteiger partial charge is 0.347 e. The maximum atomic E-state index is 11.8. The lowest BCUT2D eigenvalue weighted by atomic mass is 10.4. The van der Waals surface area contributed by atoms with Crippen molar-refractivity contribution in [1.29, 1.82) is 0 Å². The lowest BCUT2D eigenvalue weighted by Gasteiger charge is -2.21. The number of hydrogen-bond donors (Lipinski definition) is 2. The van der Waals surface area contributed by atoms with Crippen LogP contribution in [0.15, 0.2) is 0 Å². The van der Waals surface area contributed by atoms with Gasteiger partial charge in [0.1, 0.15) is 0 Å². The van der Waals surface area contributed by atoms with Gasteiger partial charge in [0.2, 0.25) is 23.8 Å². The molecular weight excluding hydrogens is 272 g/mol. The molecule has 0 radical (unpaired) electrons. The van der Waals surface area contributed by atoms with Gasteiger partial charge in [-0.1, -0.05) is 0 Å². The van der Waals surface area contributed by atoms with Gasteiger partial charge >= 0.3 is 0 Å². The Bertz CT molecular complexity index is 500. The molecule has 0 aromatic carbocycles. The van der Waals surface area contributed by atoms with Gasteiger partial charge in [-0.15, -0.1) is 0 Å². The lowest BCUT2D eigenvalue weighted by Crippen LogP contribution is -2.35. The molecule has 1 aliphatic rings. The molecule has 0 aliphatic carbocycles. The number of hydrazine groups is 1. The van der Waals surface area contributed by atoms with Crippen LogP contribution in [-0.2, 0) is 4.79 Å². The van der Waals surface area contributed by atoms with Crippen LogP contribution < -0.4 is 21.1 Å². The van der Waals surface area contributed by atoms with Crippen LogP contribution in [0.1, 0.15) is 12.8 Å². The third-order valence-electron chi connectivity index (χ3n) is 3.34. The summed E-state index contributed by atoms with van der Waals surface area (Å²) >= 11 is 0. The molecule has 1 amide bonds. The molecule has 1 saturated heterocycles. The van der Waals surface area contributed by atoms with Crippen molar-refractivity contribution in [2.45, 2.75) is 12.8 Å². The number of rotatable bonds is 5. The number of anilines is 3. The van der Waals surface area contributed by atoms with Crippen molar-refractivity contribution in [3.05, 3.63) is 0 Å². The highest BCUT2D eigenvalue weighted by Gasteiger charge is 2.19. The number of likely N-dealkylation sites (N-methyl/N-ethyl adjacent to an activating group) is 2. The molecule has 1 fully saturated rings. The monoisotopic (exact) mass is 294 g/mol. The molecule has 2 rings (SSSR count). The van der Waals surface area contributed by atoms with Crippen LogP contribution in [-0.4, -0.2) is 66.5 Å². The summed E-state index contributed by atoms with van der Waals surface area (Å²) < 4.78 is 0. The molecule has 0 atom stereocenters. The van der Waals surface area contributed by atoms with E-state index in [0.717, 1.165) is 25.9 Å². The van der Waals surface area contributed by atoms with Crippen LogP contribution in [0.5, 0.6) is 0 Å². The Hall–Kier alpha value is -2.16. The first-order valence-corrected chi connectivity index (χ1v) is 6.90. The highest BCUT2D eigenvalue weighted by molar-refractivity contribution is 5.80. The van der Waals surface area contributed by atoms with Crippen LogP contribution in [0, 0.1) is 0 Å². The summed E-state index contributed by atoms with van der Waals surface area (Å²) in [6.45, 7) is 2.04. The first kappa shape index (κ1) is 15.2. The zero-order valence-corrected chi connectivity index (χ0v) is 12.7. The van der Waals surface area contributed by atoms with E-state index >= 15 is 0 Å². The number of amides is 1. The van der Waals surface area contributed by atoms with Crippen molar-refractivity contribution in [3.63, 3.8) is 0 Å². The van der Waals surface area contributed by atoms with Crippen molar-refractivity contribution in [3.8, 4) is 0 Å². The molecule has 0 bridgehead atoms. The third kappa shape index (κ3) is 3.69. The summed E-state index contributed by atoms with van der Waals surface area (Å²) in [6, 6.07) is 0. The maximum absolute atomic E-state index is 11.8. The Morgan fingerprint density at radius 1 is 1.24 bits per heavy atom. The smallest absolute Gasteiger partial charge is 0.243 e. The Balaban J connectivity index is 2.21. The molecule has 0 spiro atoms. The van der Waals surface area contributed by atoms with E-state index in [1.165, 1.54) is 4.90 Å². The number of nitrogens with zero attached hydrogens (tertiary/aromatic N) is 6. The minimum Gasteiger partial charge on any atom is -0.347 e. The van der Waals surface area contributed by atoms with E-state index < -0.39 is 0 Å². The molecule has 9 heteroatoms. The average molecular weight is 294 g/mol. The molecular formula is C12H22N8O. The standard InChI is InChI=1S/C12H22N8O/c1-18(2)9(21)8-19(3)11-14-10(17-13)15-12(16-11)20-6-4-5-7-20/h4-8,13H2,1-3H3,(H,14,15,16,17). The second-order valence-corrected chi connectivity index (χ2v) is 5.24. The van der Waals surface area contributed by atoms with E-state index in [0.29, 0.717) is 17.8 Å². The summed E-state index contributed by atoms with van der Waals surface area (Å²) in [5, 5.41) is 0. The fraction of sp³-hybridized carbons (Fsp3) is 0.667. The van der Waals surface area contributed by atoms with Gasteiger partial charge in [-0.05, 0) is 12.8 Å². The van der Waals surface area contributed by atoms with Crippen LogP contribution in [0.25, 0.3) is 0 Å². The third-order valence-corrected chi connectivity index (χ3v) is 3.34. The van der Waals surface area contributed by atoms with Crippen molar-refractivity contribution in [2.24, 2.45) is 5.84 Å². The molecule has 1 aromatic rings. The first-order valence-electron chi connectivity index (χ1n) is 6.90. The summed E-state index contributed by atoms with van der Waals surface area (Å²) in [6.07, 6.45) is 2.25. The van der Waals surface area contributed by atoms with Gasteiger partial charge in [-0.25, -0.2) is 5.84 Å². The van der Waals surface area contributed by atoms with E-state index in [4.69, 9.17) is 5.84 Å². The molecule has 9 nitrogen and oxygen atoms in total. The Morgan fingerprint density at radius 3 is 2.48 bits per heavy atom. The van der Waals surface area contributed by atoms with Crippen molar-refractivity contribution < 1.29 is 4.79 Å². The molecule has 1 aromatic heterocycles. The van der Waals surface area contributed by atoms with Crippen molar-refractivity contribution >= 4 is 23.8 Å². The fourth-order valence-corrected chi connectivity index (χ4v) is 2.06. The highest BCUT2D eigenvalue weighted by Crippen LogP contribution is 2.19. The molecule has 1 aliphatic heterocycles. The van der Waals surface area contributed by atoms with Crippen molar-refractivity contribution in [2.75, 3.05) is 56.0 Å². The molecule has 0 unspecified atom stereocenters. The number of carbonyl (C=O) groups is 1. The van der Waals surface area contributed by atoms with Gasteiger partial charge < -0.3 is 14.7 Å². The number of carbonyl (C=O) groups excluding carboxylic acids is 1. The lowest BCUT2D eigenvalue weighted by molar-refractivity contribution is -0.127. The highest BCUT2D eigenvalue weighted by atomic mass is 16.2. The minimum atomic E-state index is -0.0251. The van der Waals surface area contributed by atoms with Crippen LogP contribution in [0.3, 0.4) is 0 Å². The summed E-state index contributed by atoms with van der Waals surface area (Å²) in [4.78, 5) is 30.0. The molecule has 116 valence electrons. The second kappa shape index (κ2) is 6.53. The average Bonchev–Trinajstić information content (AvgIpc) is 3.00. The molecule has 0 saturated carbocycles. The molecule has 21 heavy (non-hydrogen) atoms. The van der Waals surface area contributed by atoms with Gasteiger partial charge in [0, 0.05) is 34.2 Å². The summed E-state index contributed by atoms with van der Waals surface area (Å²) in [5.41, 5.74) is 2.45. The topological polar surface area (TPSA) is 104 Å². The number of nitrogens with two attached hydrogens (primary N) is 1. The number of nitrogens with one attached hydrogen (secondary N) is 1.